The predicted molar refractivity (Wildman–Crippen MR) is 439 cm³/mol. The monoisotopic (exact) mass is 1660 g/mol. The maximum atomic E-state index is 14.9. The summed E-state index contributed by atoms with van der Waals surface area (Å²) >= 11 is 0. The second kappa shape index (κ2) is 48.2. The lowest BCUT2D eigenvalue weighted by molar-refractivity contribution is -0.150. The molecule has 44 heteroatoms. The molecule has 0 fully saturated rings. The van der Waals surface area contributed by atoms with Gasteiger partial charge in [0.2, 0.25) is 70.8 Å². The number of fused-ring (bicyclic) bond motifs is 1. The highest BCUT2D eigenvalue weighted by atomic mass is 16.5. The molecule has 2 heterocycles. The van der Waals surface area contributed by atoms with Crippen LogP contribution in [-0.2, 0) is 35.1 Å². The average molecular weight is 1660 g/mol. The molecule has 0 saturated carbocycles. The molecule has 44 nitrogen and oxygen atoms in total. The zero-order valence-electron chi connectivity index (χ0n) is 65.2. The summed E-state index contributed by atoms with van der Waals surface area (Å²) in [6.07, 6.45) is -3.98. The summed E-state index contributed by atoms with van der Waals surface area (Å²) in [6.45, 7) is 4.73. The Balaban J connectivity index is 2.13. The maximum absolute atomic E-state index is 14.9. The molecular weight excluding hydrogens is 1560 g/mol. The predicted octanol–water partition coefficient (Wildman–Crippen LogP) is 7.53. The van der Waals surface area contributed by atoms with E-state index in [1.807, 2.05) is 0 Å². The third-order valence-corrected chi connectivity index (χ3v) is 17.9. The number of hydrogen-bond donors (Lipinski definition) is 24. The van der Waals surface area contributed by atoms with Gasteiger partial charge in [-0.2, -0.15) is 0 Å². The molecule has 0 radical (unpaired) electrons. The van der Waals surface area contributed by atoms with Crippen LogP contribution in [0, 0.1) is 22.7 Å². The van der Waals surface area contributed by atoms with Crippen LogP contribution in [0.25, 0.3) is 10.9 Å². The Morgan fingerprint density at radius 1 is 0.559 bits per heavy atom. The van der Waals surface area contributed by atoms with Crippen LogP contribution in [0.15, 0.2) is 120 Å². The average Bonchev–Trinajstić information content (AvgIpc) is 1.59. The van der Waals surface area contributed by atoms with Crippen molar-refractivity contribution in [1.82, 2.24) is 4.98 Å². The summed E-state index contributed by atoms with van der Waals surface area (Å²) in [6, 6.07) is -10.4. The van der Waals surface area contributed by atoms with E-state index >= 15 is 0 Å². The molecule has 2 unspecified atom stereocenters. The van der Waals surface area contributed by atoms with Gasteiger partial charge in [-0.3, -0.25) is 34.8 Å². The minimum Gasteiger partial charge on any atom is -0.497 e. The van der Waals surface area contributed by atoms with E-state index in [1.165, 1.54) is 24.3 Å². The number of cyclic esters (lactones) is 1. The molecular formula is C74H104N18O26. The number of Topliss-reactive ketones (excluding diaryl/α,β-unsaturated/α-hetero) is 1. The number of nitrogens with two attached hydrogens (primary N) is 2. The molecule has 646 valence electrons. The fourth-order valence-corrected chi connectivity index (χ4v) is 11.4. The van der Waals surface area contributed by atoms with Crippen molar-refractivity contribution in [3.8, 4) is 0 Å². The Hall–Kier alpha value is -13.2. The van der Waals surface area contributed by atoms with Crippen molar-refractivity contribution >= 4 is 141 Å². The second-order valence-electron chi connectivity index (χ2n) is 27.6. The van der Waals surface area contributed by atoms with Crippen LogP contribution in [0.1, 0.15) is 153 Å². The number of carbonyl (C=O) groups excluding carboxylic acids is 2. The molecule has 0 amide bonds. The molecule has 0 bridgehead atoms. The quantitative estimate of drug-likeness (QED) is 0.00667. The standard InChI is InChI=1S/C74H104N18O26/c1-6-35(2)16-9-7-8-10-22-55(96)84-45(25-39-32-79-43-20-14-12-17-40(39)43)68(111)87-47(28-54(78)95)69(112)89-50(31-61(105)106)71(114)92-63-38(5)118-74(117)51(26-52(93)41-18-11-13-19-42(41)76)90-73(116)62(36(3)24-58(99)100)91-70(113)46(27-53(77)94)85-57(98)33-80-65(108)48(29-59(101)102)86-64(107)37(4)82-67(110)49(30-60(103)104)88-66(109)44(21-15-23-75)83-56(97)34-81-72(63)115/h11-14,17-20,32,35-38,44-51,62-63,79H,6-10,15-16,21-31,33-34,75-76H2,1-5H3,(H2,77,94)(H2,78,95)(H,80,108)(H,81,115)(H,82,110)(H,83,97)(H,84,96)(H,85,98)(H,86,107)(H,87,111)(H,88,109)(H,89,112)(H,90,116)(H,91,113)(H,92,114)(H,99,100)(H,101,102)(H,103,104)(H,105,106)/t35?,36?,37-,38+,44+,45+,46-,47-,48+,49+,50+,51+,62+,63+/m1/s1. The lowest BCUT2D eigenvalue weighted by atomic mass is 9.97. The number of anilines is 1. The summed E-state index contributed by atoms with van der Waals surface area (Å²) in [5, 5.41) is 227. The van der Waals surface area contributed by atoms with Gasteiger partial charge < -0.3 is 118 Å². The number of carboxylic acids is 4. The van der Waals surface area contributed by atoms with Crippen molar-refractivity contribution in [1.29, 1.82) is 10.8 Å². The number of hydrogen-bond acceptors (Lipinski definition) is 24. The summed E-state index contributed by atoms with van der Waals surface area (Å²) in [5.74, 6) is -28.6. The number of H-pyrrole nitrogens is 1. The molecule has 0 spiro atoms. The number of nitrogen functional groups attached to an aromatic ring is 1. The first-order chi connectivity index (χ1) is 55.6. The Bertz CT molecular complexity index is 4410. The number of aliphatic carboxylic acids is 4. The van der Waals surface area contributed by atoms with Crippen LogP contribution >= 0.6 is 0 Å². The number of carboxylic acid groups (broad SMARTS) is 4. The van der Waals surface area contributed by atoms with Gasteiger partial charge >= 0.3 is 29.8 Å². The molecule has 1 aromatic heterocycles. The fourth-order valence-electron chi connectivity index (χ4n) is 11.4. The van der Waals surface area contributed by atoms with E-state index < -0.39 is 261 Å². The number of rotatable bonds is 36. The third-order valence-electron chi connectivity index (χ3n) is 17.9. The van der Waals surface area contributed by atoms with Gasteiger partial charge in [-0.1, -0.05) is 83.2 Å². The highest BCUT2D eigenvalue weighted by Crippen LogP contribution is 2.25. The normalized spacial score (nSPS) is 22.1. The zero-order valence-corrected chi connectivity index (χ0v) is 65.2. The molecule has 118 heavy (non-hydrogen) atoms. The van der Waals surface area contributed by atoms with E-state index in [1.54, 1.807) is 30.5 Å². The van der Waals surface area contributed by atoms with E-state index in [4.69, 9.17) is 27.0 Å². The highest BCUT2D eigenvalue weighted by molar-refractivity contribution is 6.04. The summed E-state index contributed by atoms with van der Waals surface area (Å²) in [7, 11) is 0. The number of aliphatic hydroxyl groups excluding tert-OH is 15. The minimum absolute atomic E-state index is 0.0585. The second-order valence-corrected chi connectivity index (χ2v) is 27.6. The van der Waals surface area contributed by atoms with Crippen molar-refractivity contribution in [3.63, 3.8) is 0 Å². The van der Waals surface area contributed by atoms with E-state index in [0.717, 1.165) is 52.9 Å². The smallest absolute Gasteiger partial charge is 0.331 e. The molecule has 0 saturated heterocycles. The number of nitrogens with zero attached hydrogens (tertiary/aromatic N) is 13. The van der Waals surface area contributed by atoms with E-state index in [0.29, 0.717) is 28.8 Å². The van der Waals surface area contributed by atoms with Crippen LogP contribution in [0.5, 0.6) is 0 Å². The number of ether oxygens (including phenoxy) is 1. The van der Waals surface area contributed by atoms with E-state index in [2.05, 4.69) is 83.7 Å². The Morgan fingerprint density at radius 2 is 1.10 bits per heavy atom. The Labute approximate surface area is 674 Å². The number of aliphatic imine (C=N–C) groups is 13. The van der Waals surface area contributed by atoms with Crippen LogP contribution in [0.3, 0.4) is 0 Å². The molecule has 14 atom stereocenters. The fraction of sp³-hybridized carbons (Fsp3) is 0.527. The summed E-state index contributed by atoms with van der Waals surface area (Å²) < 4.78 is 5.73. The molecule has 1 aliphatic heterocycles. The number of benzene rings is 2. The topological polar surface area (TPSA) is 772 Å². The minimum atomic E-state index is -2.44. The van der Waals surface area contributed by atoms with Gasteiger partial charge in [0, 0.05) is 47.6 Å². The zero-order chi connectivity index (χ0) is 88.2. The van der Waals surface area contributed by atoms with Crippen LogP contribution < -0.4 is 11.5 Å². The van der Waals surface area contributed by atoms with Crippen LogP contribution in [0.4, 0.5) is 5.69 Å². The first-order valence-electron chi connectivity index (χ1n) is 37.2. The first kappa shape index (κ1) is 97.2. The van der Waals surface area contributed by atoms with Crippen LogP contribution in [-0.4, -0.2) is 318 Å². The number of ketones is 1. The SMILES string of the molecule is CCC(C)CCCCCCC(O)=N[C@@H](Cc1c[nH]c2ccccc12)C(O)=N[C@H](CC(=N)O)C(O)=N[C@@H](CC(=O)O)C(O)=N[C@@H]1C(O)=NCC(O)=N[C@@H](CCCN)C(O)=N[C@@H](CC(=O)O)C(O)=N[C@H](C)C(O)=N[C@@H](CC(=O)O)C(O)=NCC(O)=N[C@H](CC(=N)O)C(O)=N[C@@H](C(C)CC(=O)O)C(O)=N[C@@H](CC(=O)c2ccccc2N)C(=O)O[C@H]1C. The highest BCUT2D eigenvalue weighted by Gasteiger charge is 2.37. The third kappa shape index (κ3) is 33.3. The molecule has 26 N–H and O–H groups in total. The van der Waals surface area contributed by atoms with Crippen molar-refractivity contribution in [2.24, 2.45) is 82.5 Å². The number of aliphatic hydroxyl groups is 15. The molecule has 1 aliphatic rings. The Kier molecular flexibility index (Phi) is 39.7. The largest absolute Gasteiger partial charge is 0.497 e. The summed E-state index contributed by atoms with van der Waals surface area (Å²) in [4.78, 5) is 132. The number of para-hydroxylation sites is 2. The van der Waals surface area contributed by atoms with Crippen molar-refractivity contribution in [2.75, 3.05) is 25.4 Å². The van der Waals surface area contributed by atoms with Gasteiger partial charge in [0.1, 0.15) is 73.6 Å². The van der Waals surface area contributed by atoms with Crippen molar-refractivity contribution < 1.29 is 131 Å². The number of aromatic amines is 1. The van der Waals surface area contributed by atoms with Gasteiger partial charge in [-0.25, -0.2) is 69.7 Å². The van der Waals surface area contributed by atoms with E-state index in [-0.39, 0.29) is 43.5 Å². The van der Waals surface area contributed by atoms with Crippen molar-refractivity contribution in [2.45, 2.75) is 216 Å². The molecule has 0 aliphatic carbocycles. The summed E-state index contributed by atoms with van der Waals surface area (Å²) in [5.41, 5.74) is 12.7. The van der Waals surface area contributed by atoms with Gasteiger partial charge in [-0.15, -0.1) is 0 Å². The maximum Gasteiger partial charge on any atom is 0.331 e. The molecule has 4 rings (SSSR count). The number of esters is 1. The number of aromatic nitrogens is 1. The number of nitrogens with one attached hydrogen (secondary N) is 3. The van der Waals surface area contributed by atoms with Crippen LogP contribution in [0.2, 0.25) is 0 Å². The van der Waals surface area contributed by atoms with E-state index in [9.17, 15) is 126 Å². The number of carbonyl (C=O) groups is 6. The lowest BCUT2D eigenvalue weighted by Gasteiger charge is -2.24. The van der Waals surface area contributed by atoms with Gasteiger partial charge in [0.25, 0.3) is 0 Å². The van der Waals surface area contributed by atoms with Crippen molar-refractivity contribution in [3.05, 3.63) is 65.9 Å². The Morgan fingerprint density at radius 3 is 1.70 bits per heavy atom. The first-order valence-corrected chi connectivity index (χ1v) is 37.2. The van der Waals surface area contributed by atoms with Gasteiger partial charge in [0.15, 0.2) is 35.6 Å². The lowest BCUT2D eigenvalue weighted by Crippen LogP contribution is -2.40. The number of unbranched alkanes of at least 4 members (excludes halogenated alkanes) is 3. The van der Waals surface area contributed by atoms with Gasteiger partial charge in [-0.05, 0) is 75.3 Å². The molecule has 3 aromatic rings. The van der Waals surface area contributed by atoms with Gasteiger partial charge in [0.05, 0.1) is 38.5 Å². The molecule has 2 aromatic carbocycles.